The normalized spacial score (nSPS) is 31.5. The maximum Gasteiger partial charge on any atom is 0.0580 e. The van der Waals surface area contributed by atoms with E-state index in [0.29, 0.717) is 5.92 Å². The maximum absolute atomic E-state index is 10.3. The first kappa shape index (κ1) is 14.6. The zero-order valence-corrected chi connectivity index (χ0v) is 13.5. The second-order valence-corrected chi connectivity index (χ2v) is 8.00. The molecule has 2 heterocycles. The Bertz CT molecular complexity index is 442. The molecule has 1 N–H and O–H groups in total. The average Bonchev–Trinajstić information content (AvgIpc) is 2.88. The summed E-state index contributed by atoms with van der Waals surface area (Å²) in [5.74, 6) is 2.05. The first-order chi connectivity index (χ1) is 9.63. The molecule has 3 unspecified atom stereocenters. The summed E-state index contributed by atoms with van der Waals surface area (Å²) in [6.45, 7) is 8.01. The third-order valence-electron chi connectivity index (χ3n) is 5.31. The SMILES string of the molecule is CC(C)C1CCC(O)C(CN2CCc3sccc3C2)C1. The Morgan fingerprint density at radius 2 is 2.25 bits per heavy atom. The van der Waals surface area contributed by atoms with Gasteiger partial charge in [0.15, 0.2) is 0 Å². The van der Waals surface area contributed by atoms with Gasteiger partial charge >= 0.3 is 0 Å². The van der Waals surface area contributed by atoms with E-state index in [1.54, 1.807) is 4.88 Å². The molecule has 2 nitrogen and oxygen atoms in total. The van der Waals surface area contributed by atoms with E-state index in [1.165, 1.54) is 31.4 Å². The van der Waals surface area contributed by atoms with Crippen molar-refractivity contribution in [3.05, 3.63) is 21.9 Å². The van der Waals surface area contributed by atoms with Gasteiger partial charge in [-0.2, -0.15) is 0 Å². The van der Waals surface area contributed by atoms with Crippen LogP contribution in [0.25, 0.3) is 0 Å². The van der Waals surface area contributed by atoms with Crippen LogP contribution < -0.4 is 0 Å². The molecular weight excluding hydrogens is 266 g/mol. The zero-order valence-electron chi connectivity index (χ0n) is 12.7. The Balaban J connectivity index is 1.59. The van der Waals surface area contributed by atoms with Gasteiger partial charge < -0.3 is 5.11 Å². The summed E-state index contributed by atoms with van der Waals surface area (Å²) < 4.78 is 0. The van der Waals surface area contributed by atoms with E-state index in [9.17, 15) is 5.11 Å². The minimum Gasteiger partial charge on any atom is -0.393 e. The molecule has 0 radical (unpaired) electrons. The molecule has 1 saturated carbocycles. The van der Waals surface area contributed by atoms with Gasteiger partial charge in [-0.25, -0.2) is 0 Å². The van der Waals surface area contributed by atoms with Crippen LogP contribution in [0.1, 0.15) is 43.6 Å². The lowest BCUT2D eigenvalue weighted by atomic mass is 9.74. The molecule has 1 fully saturated rings. The highest BCUT2D eigenvalue weighted by Crippen LogP contribution is 2.35. The molecule has 3 rings (SSSR count). The summed E-state index contributed by atoms with van der Waals surface area (Å²) in [5, 5.41) is 12.6. The fourth-order valence-electron chi connectivity index (χ4n) is 3.88. The lowest BCUT2D eigenvalue weighted by Gasteiger charge is -2.39. The molecule has 1 aromatic rings. The van der Waals surface area contributed by atoms with Crippen LogP contribution in [0, 0.1) is 17.8 Å². The average molecular weight is 293 g/mol. The van der Waals surface area contributed by atoms with Gasteiger partial charge in [-0.15, -0.1) is 11.3 Å². The monoisotopic (exact) mass is 293 g/mol. The van der Waals surface area contributed by atoms with E-state index in [0.717, 1.165) is 31.3 Å². The van der Waals surface area contributed by atoms with Gasteiger partial charge in [-0.1, -0.05) is 13.8 Å². The Labute approximate surface area is 126 Å². The Kier molecular flexibility index (Phi) is 4.49. The van der Waals surface area contributed by atoms with Gasteiger partial charge in [0.2, 0.25) is 0 Å². The standard InChI is InChI=1S/C17H27NOS/c1-12(2)13-3-4-16(19)15(9-13)11-18-7-5-17-14(10-18)6-8-20-17/h6,8,12-13,15-16,19H,3-5,7,9-11H2,1-2H3. The van der Waals surface area contributed by atoms with Crippen molar-refractivity contribution in [2.45, 2.75) is 52.2 Å². The second kappa shape index (κ2) is 6.17. The Hall–Kier alpha value is -0.380. The van der Waals surface area contributed by atoms with Crippen LogP contribution >= 0.6 is 11.3 Å². The molecular formula is C17H27NOS. The number of rotatable bonds is 3. The van der Waals surface area contributed by atoms with E-state index in [4.69, 9.17) is 0 Å². The van der Waals surface area contributed by atoms with Gasteiger partial charge in [0.05, 0.1) is 6.10 Å². The highest BCUT2D eigenvalue weighted by atomic mass is 32.1. The van der Waals surface area contributed by atoms with Crippen molar-refractivity contribution >= 4 is 11.3 Å². The predicted molar refractivity (Wildman–Crippen MR) is 85.0 cm³/mol. The molecule has 112 valence electrons. The number of nitrogens with zero attached hydrogens (tertiary/aromatic N) is 1. The molecule has 0 spiro atoms. The minimum absolute atomic E-state index is 0.0751. The fraction of sp³-hybridized carbons (Fsp3) is 0.765. The van der Waals surface area contributed by atoms with Crippen LogP contribution in [0.2, 0.25) is 0 Å². The number of thiophene rings is 1. The molecule has 2 aliphatic rings. The Morgan fingerprint density at radius 3 is 3.05 bits per heavy atom. The second-order valence-electron chi connectivity index (χ2n) is 7.00. The molecule has 0 bridgehead atoms. The number of hydrogen-bond donors (Lipinski definition) is 1. The molecule has 0 saturated heterocycles. The van der Waals surface area contributed by atoms with Crippen LogP contribution in [0.4, 0.5) is 0 Å². The topological polar surface area (TPSA) is 23.5 Å². The number of hydrogen-bond acceptors (Lipinski definition) is 3. The van der Waals surface area contributed by atoms with Crippen LogP contribution in [-0.4, -0.2) is 29.2 Å². The minimum atomic E-state index is -0.0751. The summed E-state index contributed by atoms with van der Waals surface area (Å²) in [7, 11) is 0. The highest BCUT2D eigenvalue weighted by molar-refractivity contribution is 7.10. The number of aliphatic hydroxyl groups excluding tert-OH is 1. The van der Waals surface area contributed by atoms with E-state index in [2.05, 4.69) is 30.2 Å². The van der Waals surface area contributed by atoms with Crippen LogP contribution in [0.5, 0.6) is 0 Å². The largest absolute Gasteiger partial charge is 0.393 e. The van der Waals surface area contributed by atoms with Crippen molar-refractivity contribution < 1.29 is 5.11 Å². The van der Waals surface area contributed by atoms with E-state index in [-0.39, 0.29) is 6.10 Å². The lowest BCUT2D eigenvalue weighted by Crippen LogP contribution is -2.41. The smallest absolute Gasteiger partial charge is 0.0580 e. The third-order valence-corrected chi connectivity index (χ3v) is 6.33. The van der Waals surface area contributed by atoms with E-state index >= 15 is 0 Å². The third kappa shape index (κ3) is 3.10. The molecule has 1 aromatic heterocycles. The summed E-state index contributed by atoms with van der Waals surface area (Å²) in [6, 6.07) is 2.28. The van der Waals surface area contributed by atoms with Gasteiger partial charge in [0, 0.05) is 24.5 Å². The van der Waals surface area contributed by atoms with Crippen molar-refractivity contribution in [1.82, 2.24) is 4.90 Å². The predicted octanol–water partition coefficient (Wildman–Crippen LogP) is 3.54. The highest BCUT2D eigenvalue weighted by Gasteiger charge is 2.32. The molecule has 20 heavy (non-hydrogen) atoms. The van der Waals surface area contributed by atoms with Crippen molar-refractivity contribution in [1.29, 1.82) is 0 Å². The maximum atomic E-state index is 10.3. The summed E-state index contributed by atoms with van der Waals surface area (Å²) >= 11 is 1.90. The van der Waals surface area contributed by atoms with Gasteiger partial charge in [-0.05, 0) is 60.4 Å². The summed E-state index contributed by atoms with van der Waals surface area (Å²) in [5.41, 5.74) is 1.52. The van der Waals surface area contributed by atoms with Crippen LogP contribution in [0.3, 0.4) is 0 Å². The molecule has 1 aliphatic carbocycles. The number of aliphatic hydroxyl groups is 1. The first-order valence-electron chi connectivity index (χ1n) is 8.09. The first-order valence-corrected chi connectivity index (χ1v) is 8.97. The zero-order chi connectivity index (χ0) is 14.1. The fourth-order valence-corrected chi connectivity index (χ4v) is 4.77. The van der Waals surface area contributed by atoms with Gasteiger partial charge in [-0.3, -0.25) is 4.90 Å². The molecule has 0 amide bonds. The quantitative estimate of drug-likeness (QED) is 0.921. The van der Waals surface area contributed by atoms with Crippen molar-refractivity contribution in [3.63, 3.8) is 0 Å². The summed E-state index contributed by atoms with van der Waals surface area (Å²) in [6.07, 6.45) is 4.55. The summed E-state index contributed by atoms with van der Waals surface area (Å²) in [4.78, 5) is 4.14. The van der Waals surface area contributed by atoms with Gasteiger partial charge in [0.25, 0.3) is 0 Å². The van der Waals surface area contributed by atoms with Crippen LogP contribution in [0.15, 0.2) is 11.4 Å². The molecule has 3 heteroatoms. The van der Waals surface area contributed by atoms with Crippen molar-refractivity contribution in [3.8, 4) is 0 Å². The van der Waals surface area contributed by atoms with Crippen LogP contribution in [-0.2, 0) is 13.0 Å². The molecule has 3 atom stereocenters. The Morgan fingerprint density at radius 1 is 1.40 bits per heavy atom. The lowest BCUT2D eigenvalue weighted by molar-refractivity contribution is 0.0164. The van der Waals surface area contributed by atoms with E-state index < -0.39 is 0 Å². The van der Waals surface area contributed by atoms with Crippen molar-refractivity contribution in [2.24, 2.45) is 17.8 Å². The number of fused-ring (bicyclic) bond motifs is 1. The molecule has 1 aliphatic heterocycles. The van der Waals surface area contributed by atoms with E-state index in [1.807, 2.05) is 11.3 Å². The van der Waals surface area contributed by atoms with Gasteiger partial charge in [0.1, 0.15) is 0 Å². The van der Waals surface area contributed by atoms with Crippen molar-refractivity contribution in [2.75, 3.05) is 13.1 Å². The molecule has 0 aromatic carbocycles.